The maximum atomic E-state index is 6.01. The van der Waals surface area contributed by atoms with E-state index >= 15 is 0 Å². The molecule has 21 heavy (non-hydrogen) atoms. The summed E-state index contributed by atoms with van der Waals surface area (Å²) in [6.07, 6.45) is 0. The number of halogens is 1. The molecule has 0 aliphatic carbocycles. The van der Waals surface area contributed by atoms with Gasteiger partial charge in [-0.3, -0.25) is 9.88 Å². The van der Waals surface area contributed by atoms with Crippen LogP contribution in [0.25, 0.3) is 0 Å². The van der Waals surface area contributed by atoms with E-state index in [0.29, 0.717) is 6.54 Å². The van der Waals surface area contributed by atoms with Gasteiger partial charge in [-0.1, -0.05) is 36.7 Å². The number of aromatic nitrogens is 1. The summed E-state index contributed by atoms with van der Waals surface area (Å²) < 4.78 is 0. The van der Waals surface area contributed by atoms with Crippen molar-refractivity contribution in [2.75, 3.05) is 13.1 Å². The second-order valence-corrected chi connectivity index (χ2v) is 5.57. The normalized spacial score (nSPS) is 12.6. The first-order valence-corrected chi connectivity index (χ1v) is 7.64. The van der Waals surface area contributed by atoms with Gasteiger partial charge < -0.3 is 5.73 Å². The number of benzene rings is 1. The van der Waals surface area contributed by atoms with E-state index in [1.54, 1.807) is 0 Å². The van der Waals surface area contributed by atoms with Crippen LogP contribution in [0.4, 0.5) is 0 Å². The maximum Gasteiger partial charge on any atom is 0.0547 e. The molecule has 1 atom stereocenters. The Bertz CT molecular complexity index is 569. The Kier molecular flexibility index (Phi) is 5.74. The molecule has 0 amide bonds. The van der Waals surface area contributed by atoms with Gasteiger partial charge in [0.1, 0.15) is 0 Å². The minimum atomic E-state index is 0.176. The molecule has 0 saturated heterocycles. The van der Waals surface area contributed by atoms with Crippen LogP contribution in [0.1, 0.15) is 29.9 Å². The van der Waals surface area contributed by atoms with Crippen molar-refractivity contribution in [2.45, 2.75) is 26.4 Å². The summed E-state index contributed by atoms with van der Waals surface area (Å²) in [7, 11) is 0. The van der Waals surface area contributed by atoms with Crippen LogP contribution in [-0.4, -0.2) is 23.0 Å². The highest BCUT2D eigenvalue weighted by molar-refractivity contribution is 6.30. The molecule has 0 fully saturated rings. The van der Waals surface area contributed by atoms with E-state index in [0.717, 1.165) is 29.5 Å². The average Bonchev–Trinajstić information content (AvgIpc) is 2.49. The van der Waals surface area contributed by atoms with E-state index in [1.807, 2.05) is 43.3 Å². The molecule has 2 N–H and O–H groups in total. The lowest BCUT2D eigenvalue weighted by atomic mass is 10.0. The minimum Gasteiger partial charge on any atom is -0.329 e. The summed E-state index contributed by atoms with van der Waals surface area (Å²) in [6.45, 7) is 6.44. The van der Waals surface area contributed by atoms with Crippen LogP contribution < -0.4 is 5.73 Å². The van der Waals surface area contributed by atoms with Crippen molar-refractivity contribution in [2.24, 2.45) is 5.73 Å². The fourth-order valence-corrected chi connectivity index (χ4v) is 2.64. The molecular weight excluding hydrogens is 282 g/mol. The van der Waals surface area contributed by atoms with Gasteiger partial charge in [0.2, 0.25) is 0 Å². The van der Waals surface area contributed by atoms with E-state index < -0.39 is 0 Å². The number of rotatable bonds is 6. The Morgan fingerprint density at radius 2 is 1.90 bits per heavy atom. The van der Waals surface area contributed by atoms with Gasteiger partial charge in [-0.2, -0.15) is 0 Å². The van der Waals surface area contributed by atoms with Crippen LogP contribution in [0.2, 0.25) is 5.02 Å². The van der Waals surface area contributed by atoms with Gasteiger partial charge in [-0.25, -0.2) is 0 Å². The summed E-state index contributed by atoms with van der Waals surface area (Å²) in [6, 6.07) is 14.2. The quantitative estimate of drug-likeness (QED) is 0.887. The summed E-state index contributed by atoms with van der Waals surface area (Å²) in [5.74, 6) is 0. The third-order valence-electron chi connectivity index (χ3n) is 3.64. The second-order valence-electron chi connectivity index (χ2n) is 5.14. The SMILES string of the molecule is CCN(Cc1cccc(C)n1)C(CN)c1ccc(Cl)cc1. The Morgan fingerprint density at radius 3 is 2.48 bits per heavy atom. The zero-order valence-electron chi connectivity index (χ0n) is 12.6. The van der Waals surface area contributed by atoms with Crippen molar-refractivity contribution in [3.05, 3.63) is 64.4 Å². The molecule has 3 nitrogen and oxygen atoms in total. The van der Waals surface area contributed by atoms with Crippen molar-refractivity contribution in [3.8, 4) is 0 Å². The Morgan fingerprint density at radius 1 is 1.19 bits per heavy atom. The monoisotopic (exact) mass is 303 g/mol. The zero-order chi connectivity index (χ0) is 15.2. The Labute approximate surface area is 131 Å². The number of hydrogen-bond acceptors (Lipinski definition) is 3. The third kappa shape index (κ3) is 4.27. The smallest absolute Gasteiger partial charge is 0.0547 e. The fourth-order valence-electron chi connectivity index (χ4n) is 2.52. The van der Waals surface area contributed by atoms with E-state index in [4.69, 9.17) is 17.3 Å². The van der Waals surface area contributed by atoms with Gasteiger partial charge in [-0.05, 0) is 43.3 Å². The molecule has 0 bridgehead atoms. The number of aryl methyl sites for hydroxylation is 1. The molecule has 0 radical (unpaired) electrons. The van der Waals surface area contributed by atoms with Crippen LogP contribution >= 0.6 is 11.6 Å². The van der Waals surface area contributed by atoms with Gasteiger partial charge >= 0.3 is 0 Å². The summed E-state index contributed by atoms with van der Waals surface area (Å²) in [5, 5.41) is 0.748. The van der Waals surface area contributed by atoms with Crippen LogP contribution in [-0.2, 0) is 6.54 Å². The molecule has 4 heteroatoms. The third-order valence-corrected chi connectivity index (χ3v) is 3.89. The van der Waals surface area contributed by atoms with Crippen molar-refractivity contribution in [3.63, 3.8) is 0 Å². The zero-order valence-corrected chi connectivity index (χ0v) is 13.3. The summed E-state index contributed by atoms with van der Waals surface area (Å²) in [5.41, 5.74) is 9.31. The van der Waals surface area contributed by atoms with Crippen molar-refractivity contribution < 1.29 is 0 Å². The van der Waals surface area contributed by atoms with Crippen LogP contribution in [0.5, 0.6) is 0 Å². The second kappa shape index (κ2) is 7.55. The number of likely N-dealkylation sites (N-methyl/N-ethyl adjacent to an activating group) is 1. The molecule has 2 aromatic rings. The fraction of sp³-hybridized carbons (Fsp3) is 0.353. The van der Waals surface area contributed by atoms with Gasteiger partial charge in [0.25, 0.3) is 0 Å². The minimum absolute atomic E-state index is 0.176. The molecule has 1 aromatic carbocycles. The highest BCUT2D eigenvalue weighted by Gasteiger charge is 2.18. The van der Waals surface area contributed by atoms with Crippen LogP contribution in [0.15, 0.2) is 42.5 Å². The van der Waals surface area contributed by atoms with E-state index in [9.17, 15) is 0 Å². The molecule has 0 aliphatic heterocycles. The molecule has 112 valence electrons. The standard InChI is InChI=1S/C17H22ClN3/c1-3-21(12-16-6-4-5-13(2)20-16)17(11-19)14-7-9-15(18)10-8-14/h4-10,17H,3,11-12,19H2,1-2H3. The lowest BCUT2D eigenvalue weighted by Gasteiger charge is -2.30. The molecule has 1 heterocycles. The molecule has 0 saturated carbocycles. The lowest BCUT2D eigenvalue weighted by molar-refractivity contribution is 0.201. The molecule has 1 aromatic heterocycles. The van der Waals surface area contributed by atoms with Gasteiger partial charge in [0.15, 0.2) is 0 Å². The van der Waals surface area contributed by atoms with E-state index in [-0.39, 0.29) is 6.04 Å². The van der Waals surface area contributed by atoms with E-state index in [2.05, 4.69) is 22.9 Å². The summed E-state index contributed by atoms with van der Waals surface area (Å²) >= 11 is 5.97. The molecule has 0 aliphatic rings. The Hall–Kier alpha value is -1.42. The highest BCUT2D eigenvalue weighted by atomic mass is 35.5. The molecule has 1 unspecified atom stereocenters. The Balaban J connectivity index is 2.19. The van der Waals surface area contributed by atoms with Gasteiger partial charge in [-0.15, -0.1) is 0 Å². The first-order chi connectivity index (χ1) is 10.1. The van der Waals surface area contributed by atoms with Crippen molar-refractivity contribution in [1.82, 2.24) is 9.88 Å². The predicted octanol–water partition coefficient (Wildman–Crippen LogP) is 3.57. The number of pyridine rings is 1. The average molecular weight is 304 g/mol. The number of nitrogens with zero attached hydrogens (tertiary/aromatic N) is 2. The van der Waals surface area contributed by atoms with Crippen molar-refractivity contribution >= 4 is 11.6 Å². The first-order valence-electron chi connectivity index (χ1n) is 7.26. The topological polar surface area (TPSA) is 42.2 Å². The summed E-state index contributed by atoms with van der Waals surface area (Å²) in [4.78, 5) is 6.92. The van der Waals surface area contributed by atoms with Crippen LogP contribution in [0.3, 0.4) is 0 Å². The maximum absolute atomic E-state index is 6.01. The lowest BCUT2D eigenvalue weighted by Crippen LogP contribution is -2.33. The molecular formula is C17H22ClN3. The number of nitrogens with two attached hydrogens (primary N) is 1. The van der Waals surface area contributed by atoms with E-state index in [1.165, 1.54) is 5.56 Å². The highest BCUT2D eigenvalue weighted by Crippen LogP contribution is 2.23. The van der Waals surface area contributed by atoms with Crippen molar-refractivity contribution in [1.29, 1.82) is 0 Å². The molecule has 2 rings (SSSR count). The van der Waals surface area contributed by atoms with Gasteiger partial charge in [0.05, 0.1) is 5.69 Å². The molecule has 0 spiro atoms. The largest absolute Gasteiger partial charge is 0.329 e. The van der Waals surface area contributed by atoms with Gasteiger partial charge in [0, 0.05) is 29.8 Å². The van der Waals surface area contributed by atoms with Crippen LogP contribution in [0, 0.1) is 6.92 Å². The number of hydrogen-bond donors (Lipinski definition) is 1. The predicted molar refractivity (Wildman–Crippen MR) is 88.3 cm³/mol. The first kappa shape index (κ1) is 16.0.